The Morgan fingerprint density at radius 1 is 0.833 bits per heavy atom. The Balaban J connectivity index is -0.0000000980. The molecule has 0 atom stereocenters. The minimum absolute atomic E-state index is 0. The Labute approximate surface area is 194 Å². The van der Waals surface area contributed by atoms with Gasteiger partial charge in [0.2, 0.25) is 0 Å². The summed E-state index contributed by atoms with van der Waals surface area (Å²) in [6, 6.07) is 0. The third-order valence-electron chi connectivity index (χ3n) is 1.42. The minimum Gasteiger partial charge on any atom is -0.545 e. The molecule has 0 radical (unpaired) electrons. The maximum Gasteiger partial charge on any atom is 1.00 e. The fourth-order valence-electron chi connectivity index (χ4n) is 0.692. The van der Waals surface area contributed by atoms with Gasteiger partial charge in [-0.25, -0.2) is 0 Å². The topological polar surface area (TPSA) is 80.3 Å². The number of rotatable bonds is 6. The summed E-state index contributed by atoms with van der Waals surface area (Å²) in [7, 11) is 0. The molecule has 0 saturated carbocycles. The van der Waals surface area contributed by atoms with E-state index in [0.717, 1.165) is 37.8 Å². The van der Waals surface area contributed by atoms with Crippen LogP contribution in [0.3, 0.4) is 0 Å². The second-order valence-corrected chi connectivity index (χ2v) is 3.02. The van der Waals surface area contributed by atoms with Crippen LogP contribution in [0.1, 0.15) is 39.5 Å². The van der Waals surface area contributed by atoms with Crippen molar-refractivity contribution in [3.05, 3.63) is 24.3 Å². The van der Waals surface area contributed by atoms with E-state index in [9.17, 15) is 19.8 Å². The Morgan fingerprint density at radius 3 is 1.28 bits per heavy atom. The predicted molar refractivity (Wildman–Crippen MR) is 58.1 cm³/mol. The van der Waals surface area contributed by atoms with Crippen LogP contribution in [0.15, 0.2) is 24.3 Å². The van der Waals surface area contributed by atoms with Crippen molar-refractivity contribution in [1.82, 2.24) is 0 Å². The first-order valence-electron chi connectivity index (χ1n) is 5.29. The standard InChI is InChI=1S/2C6H10O2.2K/c2*1-2-3-4-5-6(7)8;;/h2*4-5H,2-3H2,1H3,(H,7,8);;/q;;2*+1/p-2. The van der Waals surface area contributed by atoms with E-state index in [1.54, 1.807) is 12.2 Å². The molecule has 0 aromatic carbocycles. The second-order valence-electron chi connectivity index (χ2n) is 3.02. The fourth-order valence-corrected chi connectivity index (χ4v) is 0.692. The molecule has 0 amide bonds. The molecule has 0 bridgehead atoms. The molecule has 4 nitrogen and oxygen atoms in total. The van der Waals surface area contributed by atoms with Crippen LogP contribution in [0.25, 0.3) is 0 Å². The van der Waals surface area contributed by atoms with Crippen LogP contribution < -0.4 is 113 Å². The molecule has 0 aliphatic heterocycles. The fraction of sp³-hybridized carbons (Fsp3) is 0.500. The monoisotopic (exact) mass is 304 g/mol. The zero-order valence-electron chi connectivity index (χ0n) is 11.8. The first-order chi connectivity index (χ1) is 7.54. The van der Waals surface area contributed by atoms with Crippen molar-refractivity contribution >= 4 is 11.9 Å². The number of aliphatic carboxylic acids is 2. The van der Waals surface area contributed by atoms with E-state index in [1.807, 2.05) is 13.8 Å². The van der Waals surface area contributed by atoms with E-state index in [1.165, 1.54) is 0 Å². The Kier molecular flexibility index (Phi) is 36.9. The van der Waals surface area contributed by atoms with E-state index in [2.05, 4.69) is 0 Å². The number of carboxylic acids is 2. The zero-order valence-corrected chi connectivity index (χ0v) is 18.0. The summed E-state index contributed by atoms with van der Waals surface area (Å²) >= 11 is 0. The summed E-state index contributed by atoms with van der Waals surface area (Å²) in [6.07, 6.45) is 8.88. The molecular formula is C12H18K2O4. The van der Waals surface area contributed by atoms with Crippen LogP contribution >= 0.6 is 0 Å². The molecule has 0 aromatic rings. The first-order valence-corrected chi connectivity index (χ1v) is 5.29. The summed E-state index contributed by atoms with van der Waals surface area (Å²) < 4.78 is 0. The van der Waals surface area contributed by atoms with Crippen LogP contribution in [0.2, 0.25) is 0 Å². The quantitative estimate of drug-likeness (QED) is 0.362. The van der Waals surface area contributed by atoms with Crippen LogP contribution in [0, 0.1) is 0 Å². The Hall–Kier alpha value is 1.69. The van der Waals surface area contributed by atoms with Gasteiger partial charge in [-0.15, -0.1) is 0 Å². The minimum atomic E-state index is -1.11. The Morgan fingerprint density at radius 2 is 1.11 bits per heavy atom. The van der Waals surface area contributed by atoms with Gasteiger partial charge in [-0.1, -0.05) is 38.8 Å². The molecule has 6 heteroatoms. The SMILES string of the molecule is CCCC=CC(=O)[O-].CCCC=CC(=O)[O-].[K+].[K+]. The van der Waals surface area contributed by atoms with Gasteiger partial charge in [-0.05, 0) is 25.0 Å². The van der Waals surface area contributed by atoms with Gasteiger partial charge in [0, 0.05) is 0 Å². The van der Waals surface area contributed by atoms with Crippen molar-refractivity contribution in [2.45, 2.75) is 39.5 Å². The van der Waals surface area contributed by atoms with E-state index in [0.29, 0.717) is 0 Å². The number of carboxylic acid groups (broad SMARTS) is 2. The normalized spacial score (nSPS) is 9.00. The molecule has 18 heavy (non-hydrogen) atoms. The van der Waals surface area contributed by atoms with Crippen LogP contribution in [-0.2, 0) is 9.59 Å². The van der Waals surface area contributed by atoms with Gasteiger partial charge in [0.05, 0.1) is 11.9 Å². The van der Waals surface area contributed by atoms with Crippen molar-refractivity contribution in [3.8, 4) is 0 Å². The van der Waals surface area contributed by atoms with Crippen LogP contribution in [0.4, 0.5) is 0 Å². The van der Waals surface area contributed by atoms with E-state index < -0.39 is 11.9 Å². The van der Waals surface area contributed by atoms with Crippen molar-refractivity contribution in [1.29, 1.82) is 0 Å². The smallest absolute Gasteiger partial charge is 0.545 e. The Bertz CT molecular complexity index is 224. The summed E-state index contributed by atoms with van der Waals surface area (Å²) in [6.45, 7) is 3.97. The second kappa shape index (κ2) is 23.8. The summed E-state index contributed by atoms with van der Waals surface area (Å²) in [5.74, 6) is -2.23. The van der Waals surface area contributed by atoms with Gasteiger partial charge in [0.1, 0.15) is 0 Å². The van der Waals surface area contributed by atoms with Crippen LogP contribution in [0.5, 0.6) is 0 Å². The number of unbranched alkanes of at least 4 members (excludes halogenated alkanes) is 2. The molecule has 0 spiro atoms. The average molecular weight is 304 g/mol. The van der Waals surface area contributed by atoms with Crippen molar-refractivity contribution in [2.75, 3.05) is 0 Å². The number of hydrogen-bond acceptors (Lipinski definition) is 4. The maximum absolute atomic E-state index is 9.68. The molecule has 0 aliphatic carbocycles. The van der Waals surface area contributed by atoms with Crippen molar-refractivity contribution < 1.29 is 123 Å². The van der Waals surface area contributed by atoms with Gasteiger partial charge in [-0.3, -0.25) is 0 Å². The molecule has 0 rings (SSSR count). The summed E-state index contributed by atoms with van der Waals surface area (Å²) in [5, 5.41) is 19.4. The molecule has 92 valence electrons. The number of allylic oxidation sites excluding steroid dienone is 2. The largest absolute Gasteiger partial charge is 1.00 e. The molecule has 0 unspecified atom stereocenters. The summed E-state index contributed by atoms with van der Waals surface area (Å²) in [5.41, 5.74) is 0. The molecule has 0 saturated heterocycles. The van der Waals surface area contributed by atoms with Crippen molar-refractivity contribution in [2.24, 2.45) is 0 Å². The number of hydrogen-bond donors (Lipinski definition) is 0. The molecule has 0 fully saturated rings. The van der Waals surface area contributed by atoms with Gasteiger partial charge in [0.25, 0.3) is 0 Å². The first kappa shape index (κ1) is 27.9. The maximum atomic E-state index is 9.68. The third kappa shape index (κ3) is 36.1. The third-order valence-corrected chi connectivity index (χ3v) is 1.42. The molecule has 0 N–H and O–H groups in total. The molecular weight excluding hydrogens is 286 g/mol. The zero-order chi connectivity index (χ0) is 12.8. The molecule has 0 heterocycles. The average Bonchev–Trinajstić information content (AvgIpc) is 2.18. The van der Waals surface area contributed by atoms with E-state index >= 15 is 0 Å². The van der Waals surface area contributed by atoms with E-state index in [-0.39, 0.29) is 103 Å². The molecule has 0 aliphatic rings. The van der Waals surface area contributed by atoms with Gasteiger partial charge < -0.3 is 19.8 Å². The van der Waals surface area contributed by atoms with Gasteiger partial charge >= 0.3 is 103 Å². The van der Waals surface area contributed by atoms with Crippen LogP contribution in [-0.4, -0.2) is 11.9 Å². The van der Waals surface area contributed by atoms with Crippen molar-refractivity contribution in [3.63, 3.8) is 0 Å². The van der Waals surface area contributed by atoms with E-state index in [4.69, 9.17) is 0 Å². The predicted octanol–water partition coefficient (Wildman–Crippen LogP) is -5.81. The van der Waals surface area contributed by atoms with Gasteiger partial charge in [0.15, 0.2) is 0 Å². The summed E-state index contributed by atoms with van der Waals surface area (Å²) in [4.78, 5) is 19.4. The van der Waals surface area contributed by atoms with Gasteiger partial charge in [-0.2, -0.15) is 0 Å². The number of carbonyl (C=O) groups excluding carboxylic acids is 2. The number of carbonyl (C=O) groups is 2. The molecule has 0 aromatic heterocycles.